The highest BCUT2D eigenvalue weighted by molar-refractivity contribution is 6.16. The van der Waals surface area contributed by atoms with Gasteiger partial charge in [0.15, 0.2) is 17.5 Å². The van der Waals surface area contributed by atoms with Crippen molar-refractivity contribution in [1.29, 1.82) is 0 Å². The first kappa shape index (κ1) is 32.4. The Morgan fingerprint density at radius 1 is 0.276 bits per heavy atom. The summed E-state index contributed by atoms with van der Waals surface area (Å²) in [4.78, 5) is 15.8. The maximum atomic E-state index is 6.54. The smallest absolute Gasteiger partial charge is 0.167 e. The van der Waals surface area contributed by atoms with Crippen molar-refractivity contribution in [3.8, 4) is 56.4 Å². The number of aromatic nitrogens is 3. The summed E-state index contributed by atoms with van der Waals surface area (Å²) in [6, 6.07) is 65.3. The lowest BCUT2D eigenvalue weighted by Crippen LogP contribution is -2.01. The van der Waals surface area contributed by atoms with Gasteiger partial charge in [-0.3, -0.25) is 0 Å². The van der Waals surface area contributed by atoms with Gasteiger partial charge in [0.1, 0.15) is 22.3 Å². The Kier molecular flexibility index (Phi) is 7.16. The average Bonchev–Trinajstić information content (AvgIpc) is 3.88. The van der Waals surface area contributed by atoms with E-state index in [1.165, 1.54) is 21.9 Å². The summed E-state index contributed by atoms with van der Waals surface area (Å²) >= 11 is 0. The maximum absolute atomic E-state index is 6.54. The van der Waals surface area contributed by atoms with Crippen LogP contribution in [0.15, 0.2) is 197 Å². The van der Waals surface area contributed by atoms with E-state index in [-0.39, 0.29) is 0 Å². The number of furan rings is 2. The molecule has 5 nitrogen and oxygen atoms in total. The molecule has 0 unspecified atom stereocenters. The molecule has 270 valence electrons. The van der Waals surface area contributed by atoms with Crippen molar-refractivity contribution in [3.63, 3.8) is 0 Å². The molecule has 12 rings (SSSR count). The van der Waals surface area contributed by atoms with Gasteiger partial charge in [-0.2, -0.15) is 0 Å². The molecule has 0 atom stereocenters. The molecule has 5 heteroatoms. The summed E-state index contributed by atoms with van der Waals surface area (Å²) in [5, 5.41) is 8.82. The minimum Gasteiger partial charge on any atom is -0.455 e. The molecule has 9 aromatic carbocycles. The summed E-state index contributed by atoms with van der Waals surface area (Å²) in [7, 11) is 0. The summed E-state index contributed by atoms with van der Waals surface area (Å²) in [6.07, 6.45) is 0. The zero-order valence-corrected chi connectivity index (χ0v) is 31.1. The van der Waals surface area contributed by atoms with Crippen LogP contribution in [-0.2, 0) is 0 Å². The second-order valence-electron chi connectivity index (χ2n) is 14.7. The zero-order chi connectivity index (χ0) is 38.2. The van der Waals surface area contributed by atoms with Gasteiger partial charge in [0, 0.05) is 27.1 Å². The lowest BCUT2D eigenvalue weighted by molar-refractivity contribution is 0.669. The topological polar surface area (TPSA) is 65.0 Å². The van der Waals surface area contributed by atoms with E-state index in [9.17, 15) is 0 Å². The molecule has 0 aliphatic rings. The molecule has 0 aliphatic carbocycles. The Morgan fingerprint density at radius 2 is 0.759 bits per heavy atom. The lowest BCUT2D eigenvalue weighted by atomic mass is 9.89. The molecule has 0 saturated heterocycles. The third-order valence-corrected chi connectivity index (χ3v) is 11.4. The van der Waals surface area contributed by atoms with Gasteiger partial charge >= 0.3 is 0 Å². The van der Waals surface area contributed by atoms with E-state index in [1.54, 1.807) is 0 Å². The molecular formula is C53H31N3O2. The summed E-state index contributed by atoms with van der Waals surface area (Å²) in [6.45, 7) is 0. The Hall–Kier alpha value is -7.89. The predicted octanol–water partition coefficient (Wildman–Crippen LogP) is 14.3. The molecule has 3 heterocycles. The molecular weight excluding hydrogens is 711 g/mol. The molecule has 3 aromatic heterocycles. The lowest BCUT2D eigenvalue weighted by Gasteiger charge is -2.16. The molecule has 0 spiro atoms. The van der Waals surface area contributed by atoms with Gasteiger partial charge in [-0.15, -0.1) is 0 Å². The van der Waals surface area contributed by atoms with Crippen LogP contribution in [0.2, 0.25) is 0 Å². The molecule has 0 N–H and O–H groups in total. The molecule has 0 amide bonds. The van der Waals surface area contributed by atoms with Crippen molar-refractivity contribution >= 4 is 65.4 Å². The van der Waals surface area contributed by atoms with Crippen LogP contribution in [-0.4, -0.2) is 15.0 Å². The van der Waals surface area contributed by atoms with Crippen LogP contribution in [0, 0.1) is 0 Å². The molecule has 0 aliphatic heterocycles. The zero-order valence-electron chi connectivity index (χ0n) is 31.1. The second kappa shape index (κ2) is 12.8. The van der Waals surface area contributed by atoms with Crippen LogP contribution in [0.3, 0.4) is 0 Å². The highest BCUT2D eigenvalue weighted by atomic mass is 16.3. The van der Waals surface area contributed by atoms with E-state index in [4.69, 9.17) is 23.8 Å². The van der Waals surface area contributed by atoms with Crippen LogP contribution in [0.5, 0.6) is 0 Å². The van der Waals surface area contributed by atoms with Gasteiger partial charge in [0.2, 0.25) is 0 Å². The largest absolute Gasteiger partial charge is 0.455 e. The van der Waals surface area contributed by atoms with E-state index in [2.05, 4.69) is 127 Å². The van der Waals surface area contributed by atoms with Gasteiger partial charge in [0.05, 0.1) is 11.1 Å². The highest BCUT2D eigenvalue weighted by Gasteiger charge is 2.22. The fourth-order valence-corrected chi connectivity index (χ4v) is 8.63. The van der Waals surface area contributed by atoms with E-state index < -0.39 is 0 Å². The molecule has 0 fully saturated rings. The van der Waals surface area contributed by atoms with Gasteiger partial charge < -0.3 is 8.83 Å². The molecule has 58 heavy (non-hydrogen) atoms. The van der Waals surface area contributed by atoms with E-state index >= 15 is 0 Å². The van der Waals surface area contributed by atoms with Gasteiger partial charge in [-0.05, 0) is 80.2 Å². The Bertz CT molecular complexity index is 3450. The van der Waals surface area contributed by atoms with Crippen molar-refractivity contribution in [2.75, 3.05) is 0 Å². The quantitative estimate of drug-likeness (QED) is 0.164. The Balaban J connectivity index is 1.11. The van der Waals surface area contributed by atoms with Crippen molar-refractivity contribution in [2.24, 2.45) is 0 Å². The maximum Gasteiger partial charge on any atom is 0.167 e. The van der Waals surface area contributed by atoms with E-state index in [0.717, 1.165) is 82.5 Å². The monoisotopic (exact) mass is 741 g/mol. The van der Waals surface area contributed by atoms with Crippen LogP contribution in [0.4, 0.5) is 0 Å². The van der Waals surface area contributed by atoms with Crippen LogP contribution < -0.4 is 0 Å². The van der Waals surface area contributed by atoms with Gasteiger partial charge in [-0.1, -0.05) is 152 Å². The van der Waals surface area contributed by atoms with Crippen LogP contribution in [0.25, 0.3) is 122 Å². The summed E-state index contributed by atoms with van der Waals surface area (Å²) < 4.78 is 13.1. The minimum absolute atomic E-state index is 0.518. The van der Waals surface area contributed by atoms with Crippen LogP contribution >= 0.6 is 0 Å². The number of para-hydroxylation sites is 4. The van der Waals surface area contributed by atoms with Crippen molar-refractivity contribution in [2.45, 2.75) is 0 Å². The Morgan fingerprint density at radius 3 is 1.40 bits per heavy atom. The number of nitrogens with zero attached hydrogens (tertiary/aromatic N) is 3. The molecule has 12 aromatic rings. The first-order valence-corrected chi connectivity index (χ1v) is 19.4. The first-order chi connectivity index (χ1) is 28.7. The van der Waals surface area contributed by atoms with Crippen LogP contribution in [0.1, 0.15) is 0 Å². The van der Waals surface area contributed by atoms with Crippen molar-refractivity contribution in [1.82, 2.24) is 15.0 Å². The summed E-state index contributed by atoms with van der Waals surface area (Å²) in [5.74, 6) is 1.59. The van der Waals surface area contributed by atoms with E-state index in [0.29, 0.717) is 17.5 Å². The molecule has 0 saturated carbocycles. The third kappa shape index (κ3) is 5.07. The first-order valence-electron chi connectivity index (χ1n) is 19.4. The second-order valence-corrected chi connectivity index (χ2v) is 14.7. The predicted molar refractivity (Wildman–Crippen MR) is 237 cm³/mol. The molecule has 0 radical (unpaired) electrons. The fourth-order valence-electron chi connectivity index (χ4n) is 8.63. The SMILES string of the molecule is c1ccc(-c2ccc3cc(-c4ccccc4-c4nc(-c5cccc6c5oc5ccccc56)nc(-c5cccc6c5oc5ccccc56)n4)c4ccccc4c3c2)cc1. The van der Waals surface area contributed by atoms with Gasteiger partial charge in [-0.25, -0.2) is 15.0 Å². The fraction of sp³-hybridized carbons (Fsp3) is 0. The number of hydrogen-bond acceptors (Lipinski definition) is 5. The normalized spacial score (nSPS) is 11.8. The van der Waals surface area contributed by atoms with Crippen molar-refractivity contribution < 1.29 is 8.83 Å². The highest BCUT2D eigenvalue weighted by Crippen LogP contribution is 2.42. The summed E-state index contributed by atoms with van der Waals surface area (Å²) in [5.41, 5.74) is 10.1. The Labute approximate surface area is 332 Å². The average molecular weight is 742 g/mol. The number of benzene rings is 9. The minimum atomic E-state index is 0.518. The molecule has 0 bridgehead atoms. The number of fused-ring (bicyclic) bond motifs is 9. The number of hydrogen-bond donors (Lipinski definition) is 0. The third-order valence-electron chi connectivity index (χ3n) is 11.4. The number of rotatable bonds is 5. The van der Waals surface area contributed by atoms with Gasteiger partial charge in [0.25, 0.3) is 0 Å². The van der Waals surface area contributed by atoms with Crippen molar-refractivity contribution in [3.05, 3.63) is 188 Å². The van der Waals surface area contributed by atoms with E-state index in [1.807, 2.05) is 60.7 Å². The standard InChI is InChI=1S/C53H31N3O2/c1-2-14-32(15-3-1)33-28-29-34-31-46(36-17-5-4-16-35(36)45(34)30-33)37-18-6-7-21-42(37)51-54-52(43-24-12-22-40-38-19-8-10-26-47(38)57-49(40)43)56-53(55-51)44-25-13-23-41-39-20-9-11-27-48(39)58-50(41)44/h1-31H.